The minimum atomic E-state index is -0.218. The van der Waals surface area contributed by atoms with Crippen molar-refractivity contribution in [1.82, 2.24) is 10.3 Å². The maximum absolute atomic E-state index is 11.8. The van der Waals surface area contributed by atoms with Crippen LogP contribution < -0.4 is 5.32 Å². The van der Waals surface area contributed by atoms with Crippen molar-refractivity contribution < 1.29 is 15.0 Å². The molecule has 5 nitrogen and oxygen atoms in total. The highest BCUT2D eigenvalue weighted by molar-refractivity contribution is 5.94. The third-order valence-electron chi connectivity index (χ3n) is 3.35. The van der Waals surface area contributed by atoms with Gasteiger partial charge >= 0.3 is 0 Å². The number of nitrogens with zero attached hydrogens (tertiary/aromatic N) is 1. The molecule has 3 N–H and O–H groups in total. The molecule has 1 aromatic rings. The molecule has 1 amide bonds. The van der Waals surface area contributed by atoms with E-state index in [0.29, 0.717) is 18.0 Å². The molecule has 0 aromatic carbocycles. The summed E-state index contributed by atoms with van der Waals surface area (Å²) in [5.74, 6) is 0.204. The highest BCUT2D eigenvalue weighted by Gasteiger charge is 2.19. The van der Waals surface area contributed by atoms with Gasteiger partial charge < -0.3 is 15.5 Å². The second-order valence-electron chi connectivity index (χ2n) is 4.82. The summed E-state index contributed by atoms with van der Waals surface area (Å²) in [6.07, 6.45) is 6.06. The largest absolute Gasteiger partial charge is 0.506 e. The zero-order valence-corrected chi connectivity index (χ0v) is 10.2. The second-order valence-corrected chi connectivity index (χ2v) is 4.82. The number of aliphatic hydroxyl groups is 1. The van der Waals surface area contributed by atoms with Gasteiger partial charge in [0.2, 0.25) is 0 Å². The Morgan fingerprint density at radius 3 is 2.72 bits per heavy atom. The van der Waals surface area contributed by atoms with Crippen molar-refractivity contribution >= 4 is 5.91 Å². The van der Waals surface area contributed by atoms with Crippen molar-refractivity contribution in [2.75, 3.05) is 6.54 Å². The van der Waals surface area contributed by atoms with Crippen LogP contribution >= 0.6 is 0 Å². The monoisotopic (exact) mass is 250 g/mol. The summed E-state index contributed by atoms with van der Waals surface area (Å²) in [4.78, 5) is 15.6. The molecule has 0 aliphatic heterocycles. The highest BCUT2D eigenvalue weighted by atomic mass is 16.3. The van der Waals surface area contributed by atoms with Gasteiger partial charge in [0, 0.05) is 12.7 Å². The molecule has 0 bridgehead atoms. The van der Waals surface area contributed by atoms with Crippen LogP contribution in [0.25, 0.3) is 0 Å². The van der Waals surface area contributed by atoms with E-state index in [2.05, 4.69) is 10.3 Å². The van der Waals surface area contributed by atoms with Gasteiger partial charge in [-0.1, -0.05) is 0 Å². The Morgan fingerprint density at radius 2 is 2.06 bits per heavy atom. The van der Waals surface area contributed by atoms with Crippen molar-refractivity contribution in [3.05, 3.63) is 24.0 Å². The number of rotatable bonds is 3. The lowest BCUT2D eigenvalue weighted by atomic mass is 9.87. The van der Waals surface area contributed by atoms with Crippen molar-refractivity contribution in [2.45, 2.75) is 31.8 Å². The molecule has 5 heteroatoms. The Kier molecular flexibility index (Phi) is 4.15. The van der Waals surface area contributed by atoms with Gasteiger partial charge in [-0.05, 0) is 37.7 Å². The quantitative estimate of drug-likeness (QED) is 0.749. The Morgan fingerprint density at radius 1 is 1.33 bits per heavy atom. The number of aliphatic hydroxyl groups excluding tert-OH is 1. The molecule has 2 rings (SSSR count). The van der Waals surface area contributed by atoms with E-state index in [-0.39, 0.29) is 17.8 Å². The highest BCUT2D eigenvalue weighted by Crippen LogP contribution is 2.23. The number of carbonyl (C=O) groups is 1. The summed E-state index contributed by atoms with van der Waals surface area (Å²) in [6, 6.07) is 1.40. The predicted molar refractivity (Wildman–Crippen MR) is 66.2 cm³/mol. The van der Waals surface area contributed by atoms with Crippen LogP contribution in [0.5, 0.6) is 5.75 Å². The SMILES string of the molecule is O=C(NCC1CCC(O)CC1)c1cncc(O)c1. The van der Waals surface area contributed by atoms with Gasteiger partial charge in [-0.25, -0.2) is 0 Å². The lowest BCUT2D eigenvalue weighted by Gasteiger charge is -2.25. The van der Waals surface area contributed by atoms with Crippen LogP contribution in [0.4, 0.5) is 0 Å². The predicted octanol–water partition coefficient (Wildman–Crippen LogP) is 1.07. The smallest absolute Gasteiger partial charge is 0.252 e. The van der Waals surface area contributed by atoms with Crippen molar-refractivity contribution in [2.24, 2.45) is 5.92 Å². The van der Waals surface area contributed by atoms with Gasteiger partial charge in [-0.2, -0.15) is 0 Å². The van der Waals surface area contributed by atoms with Gasteiger partial charge in [0.25, 0.3) is 5.91 Å². The molecule has 0 atom stereocenters. The zero-order valence-electron chi connectivity index (χ0n) is 10.2. The van der Waals surface area contributed by atoms with Gasteiger partial charge in [-0.3, -0.25) is 9.78 Å². The molecular formula is C13H18N2O3. The molecule has 1 aliphatic rings. The average molecular weight is 250 g/mol. The van der Waals surface area contributed by atoms with Crippen LogP contribution in [0.1, 0.15) is 36.0 Å². The fraction of sp³-hybridized carbons (Fsp3) is 0.538. The van der Waals surface area contributed by atoms with Gasteiger partial charge in [0.05, 0.1) is 17.9 Å². The van der Waals surface area contributed by atoms with E-state index in [0.717, 1.165) is 25.7 Å². The second kappa shape index (κ2) is 5.82. The first-order chi connectivity index (χ1) is 8.65. The standard InChI is InChI=1S/C13H18N2O3/c16-11-3-1-9(2-4-11)6-15-13(18)10-5-12(17)8-14-7-10/h5,7-9,11,16-17H,1-4,6H2,(H,15,18). The first kappa shape index (κ1) is 12.8. The molecule has 0 saturated heterocycles. The average Bonchev–Trinajstić information content (AvgIpc) is 2.38. The van der Waals surface area contributed by atoms with E-state index in [1.54, 1.807) is 0 Å². The number of pyridine rings is 1. The molecular weight excluding hydrogens is 232 g/mol. The number of carbonyl (C=O) groups excluding carboxylic acids is 1. The van der Waals surface area contributed by atoms with Gasteiger partial charge in [-0.15, -0.1) is 0 Å². The number of aromatic nitrogens is 1. The summed E-state index contributed by atoms with van der Waals surface area (Å²) in [5.41, 5.74) is 0.367. The number of hydrogen-bond donors (Lipinski definition) is 3. The minimum absolute atomic E-state index is 0.0107. The van der Waals surface area contributed by atoms with E-state index in [4.69, 9.17) is 0 Å². The molecule has 1 aliphatic carbocycles. The van der Waals surface area contributed by atoms with E-state index in [9.17, 15) is 15.0 Å². The third-order valence-corrected chi connectivity index (χ3v) is 3.35. The fourth-order valence-electron chi connectivity index (χ4n) is 2.24. The number of aromatic hydroxyl groups is 1. The third kappa shape index (κ3) is 3.43. The molecule has 1 aromatic heterocycles. The Labute approximate surface area is 106 Å². The summed E-state index contributed by atoms with van der Waals surface area (Å²) in [7, 11) is 0. The first-order valence-corrected chi connectivity index (χ1v) is 6.25. The molecule has 0 unspecified atom stereocenters. The molecule has 1 heterocycles. The number of nitrogens with one attached hydrogen (secondary N) is 1. The maximum Gasteiger partial charge on any atom is 0.252 e. The first-order valence-electron chi connectivity index (χ1n) is 6.25. The molecule has 1 fully saturated rings. The van der Waals surface area contributed by atoms with Crippen LogP contribution in [-0.2, 0) is 0 Å². The Bertz CT molecular complexity index is 414. The topological polar surface area (TPSA) is 82.5 Å². The molecule has 0 spiro atoms. The van der Waals surface area contributed by atoms with Crippen LogP contribution in [0.2, 0.25) is 0 Å². The fourth-order valence-corrected chi connectivity index (χ4v) is 2.24. The summed E-state index contributed by atoms with van der Waals surface area (Å²) in [5, 5.41) is 21.5. The molecule has 1 saturated carbocycles. The van der Waals surface area contributed by atoms with E-state index < -0.39 is 0 Å². The van der Waals surface area contributed by atoms with Crippen molar-refractivity contribution in [1.29, 1.82) is 0 Å². The van der Waals surface area contributed by atoms with Crippen LogP contribution in [0.15, 0.2) is 18.5 Å². The van der Waals surface area contributed by atoms with E-state index >= 15 is 0 Å². The van der Waals surface area contributed by atoms with Crippen molar-refractivity contribution in [3.8, 4) is 5.75 Å². The maximum atomic E-state index is 11.8. The van der Waals surface area contributed by atoms with Crippen LogP contribution in [0, 0.1) is 5.92 Å². The number of hydrogen-bond acceptors (Lipinski definition) is 4. The molecule has 98 valence electrons. The lowest BCUT2D eigenvalue weighted by Crippen LogP contribution is -2.32. The van der Waals surface area contributed by atoms with Crippen LogP contribution in [-0.4, -0.2) is 33.8 Å². The van der Waals surface area contributed by atoms with Gasteiger partial charge in [0.1, 0.15) is 5.75 Å². The van der Waals surface area contributed by atoms with E-state index in [1.165, 1.54) is 18.5 Å². The zero-order chi connectivity index (χ0) is 13.0. The summed E-state index contributed by atoms with van der Waals surface area (Å²) >= 11 is 0. The summed E-state index contributed by atoms with van der Waals surface area (Å²) < 4.78 is 0. The minimum Gasteiger partial charge on any atom is -0.506 e. The molecule has 18 heavy (non-hydrogen) atoms. The van der Waals surface area contributed by atoms with E-state index in [1.807, 2.05) is 0 Å². The summed E-state index contributed by atoms with van der Waals surface area (Å²) in [6.45, 7) is 0.612. The Hall–Kier alpha value is -1.62. The molecule has 0 radical (unpaired) electrons. The van der Waals surface area contributed by atoms with Gasteiger partial charge in [0.15, 0.2) is 0 Å². The Balaban J connectivity index is 1.81. The van der Waals surface area contributed by atoms with Crippen LogP contribution in [0.3, 0.4) is 0 Å². The normalized spacial score (nSPS) is 23.6. The van der Waals surface area contributed by atoms with Crippen molar-refractivity contribution in [3.63, 3.8) is 0 Å². The number of amides is 1. The lowest BCUT2D eigenvalue weighted by molar-refractivity contribution is 0.0909.